The third kappa shape index (κ3) is 2.54. The van der Waals surface area contributed by atoms with E-state index >= 15 is 0 Å². The highest BCUT2D eigenvalue weighted by molar-refractivity contribution is 5.39. The van der Waals surface area contributed by atoms with Gasteiger partial charge in [0.25, 0.3) is 0 Å². The lowest BCUT2D eigenvalue weighted by atomic mass is 10.0. The summed E-state index contributed by atoms with van der Waals surface area (Å²) in [5.41, 5.74) is 8.29. The molecule has 1 aromatic rings. The lowest BCUT2D eigenvalue weighted by Gasteiger charge is -2.24. The van der Waals surface area contributed by atoms with E-state index in [2.05, 4.69) is 37.4 Å². The third-order valence-corrected chi connectivity index (χ3v) is 3.04. The van der Waals surface area contributed by atoms with Gasteiger partial charge >= 0.3 is 0 Å². The SMILES string of the molecule is CC(C)(CN)NCc1ccc2c(c1)CCO2. The minimum absolute atomic E-state index is 0.00445. The molecule has 0 saturated carbocycles. The first-order valence-electron chi connectivity index (χ1n) is 5.80. The van der Waals surface area contributed by atoms with Gasteiger partial charge in [0.15, 0.2) is 0 Å². The average molecular weight is 220 g/mol. The van der Waals surface area contributed by atoms with Crippen molar-refractivity contribution in [1.29, 1.82) is 0 Å². The maximum atomic E-state index is 5.68. The number of fused-ring (bicyclic) bond motifs is 1. The van der Waals surface area contributed by atoms with Crippen molar-refractivity contribution >= 4 is 0 Å². The Hall–Kier alpha value is -1.06. The summed E-state index contributed by atoms with van der Waals surface area (Å²) in [7, 11) is 0. The van der Waals surface area contributed by atoms with E-state index in [-0.39, 0.29) is 5.54 Å². The molecule has 2 rings (SSSR count). The molecule has 0 unspecified atom stereocenters. The summed E-state index contributed by atoms with van der Waals surface area (Å²) in [5.74, 6) is 1.04. The van der Waals surface area contributed by atoms with Crippen LogP contribution in [0.5, 0.6) is 5.75 Å². The van der Waals surface area contributed by atoms with Crippen LogP contribution in [0.3, 0.4) is 0 Å². The van der Waals surface area contributed by atoms with Gasteiger partial charge in [-0.15, -0.1) is 0 Å². The Morgan fingerprint density at radius 3 is 3.00 bits per heavy atom. The summed E-state index contributed by atoms with van der Waals surface area (Å²) in [5, 5.41) is 3.45. The first-order chi connectivity index (χ1) is 7.61. The minimum Gasteiger partial charge on any atom is -0.493 e. The summed E-state index contributed by atoms with van der Waals surface area (Å²) in [4.78, 5) is 0. The van der Waals surface area contributed by atoms with E-state index in [1.807, 2.05) is 0 Å². The quantitative estimate of drug-likeness (QED) is 0.807. The van der Waals surface area contributed by atoms with Crippen LogP contribution >= 0.6 is 0 Å². The van der Waals surface area contributed by atoms with Crippen molar-refractivity contribution in [2.24, 2.45) is 5.73 Å². The number of nitrogens with one attached hydrogen (secondary N) is 1. The molecule has 3 N–H and O–H groups in total. The fourth-order valence-corrected chi connectivity index (χ4v) is 1.76. The molecule has 0 spiro atoms. The average Bonchev–Trinajstić information content (AvgIpc) is 2.73. The van der Waals surface area contributed by atoms with Crippen molar-refractivity contribution in [3.05, 3.63) is 29.3 Å². The van der Waals surface area contributed by atoms with Gasteiger partial charge in [0.05, 0.1) is 6.61 Å². The molecule has 1 heterocycles. The summed E-state index contributed by atoms with van der Waals surface area (Å²) < 4.78 is 5.48. The number of hydrogen-bond acceptors (Lipinski definition) is 3. The second kappa shape index (κ2) is 4.44. The molecule has 0 atom stereocenters. The second-order valence-corrected chi connectivity index (χ2v) is 4.98. The van der Waals surface area contributed by atoms with Gasteiger partial charge in [0, 0.05) is 25.0 Å². The van der Waals surface area contributed by atoms with E-state index in [0.29, 0.717) is 6.54 Å². The first kappa shape index (κ1) is 11.4. The van der Waals surface area contributed by atoms with Gasteiger partial charge in [0.2, 0.25) is 0 Å². The van der Waals surface area contributed by atoms with Crippen LogP contribution in [-0.4, -0.2) is 18.7 Å². The summed E-state index contributed by atoms with van der Waals surface area (Å²) in [6.45, 7) is 6.55. The lowest BCUT2D eigenvalue weighted by Crippen LogP contribution is -2.45. The van der Waals surface area contributed by atoms with E-state index in [1.54, 1.807) is 0 Å². The zero-order chi connectivity index (χ0) is 11.6. The second-order valence-electron chi connectivity index (χ2n) is 4.98. The molecule has 3 heteroatoms. The summed E-state index contributed by atoms with van der Waals surface area (Å²) in [6.07, 6.45) is 1.03. The molecule has 0 radical (unpaired) electrons. The predicted octanol–water partition coefficient (Wildman–Crippen LogP) is 1.45. The van der Waals surface area contributed by atoms with Crippen LogP contribution in [0.2, 0.25) is 0 Å². The zero-order valence-corrected chi connectivity index (χ0v) is 10.0. The minimum atomic E-state index is -0.00445. The zero-order valence-electron chi connectivity index (χ0n) is 10.0. The maximum absolute atomic E-state index is 5.68. The monoisotopic (exact) mass is 220 g/mol. The van der Waals surface area contributed by atoms with Crippen molar-refractivity contribution in [2.75, 3.05) is 13.2 Å². The van der Waals surface area contributed by atoms with Crippen LogP contribution < -0.4 is 15.8 Å². The Morgan fingerprint density at radius 1 is 1.44 bits per heavy atom. The van der Waals surface area contributed by atoms with Crippen LogP contribution in [0, 0.1) is 0 Å². The van der Waals surface area contributed by atoms with E-state index in [0.717, 1.165) is 25.3 Å². The van der Waals surface area contributed by atoms with Crippen molar-refractivity contribution in [2.45, 2.75) is 32.4 Å². The Bertz CT molecular complexity index is 374. The van der Waals surface area contributed by atoms with Crippen LogP contribution in [0.4, 0.5) is 0 Å². The van der Waals surface area contributed by atoms with Gasteiger partial charge in [-0.25, -0.2) is 0 Å². The summed E-state index contributed by atoms with van der Waals surface area (Å²) >= 11 is 0. The standard InChI is InChI=1S/C13H20N2O/c1-13(2,9-14)15-8-10-3-4-12-11(7-10)5-6-16-12/h3-4,7,15H,5-6,8-9,14H2,1-2H3. The first-order valence-corrected chi connectivity index (χ1v) is 5.80. The third-order valence-electron chi connectivity index (χ3n) is 3.04. The van der Waals surface area contributed by atoms with Crippen LogP contribution in [0.15, 0.2) is 18.2 Å². The van der Waals surface area contributed by atoms with Gasteiger partial charge < -0.3 is 15.8 Å². The number of hydrogen-bond donors (Lipinski definition) is 2. The predicted molar refractivity (Wildman–Crippen MR) is 65.6 cm³/mol. The molecule has 0 saturated heterocycles. The molecule has 0 aliphatic carbocycles. The van der Waals surface area contributed by atoms with Crippen molar-refractivity contribution in [3.8, 4) is 5.75 Å². The molecular weight excluding hydrogens is 200 g/mol. The molecule has 0 bridgehead atoms. The smallest absolute Gasteiger partial charge is 0.122 e. The lowest BCUT2D eigenvalue weighted by molar-refractivity contribution is 0.356. The highest BCUT2D eigenvalue weighted by Gasteiger charge is 2.15. The molecule has 1 aromatic carbocycles. The largest absolute Gasteiger partial charge is 0.493 e. The van der Waals surface area contributed by atoms with Crippen molar-refractivity contribution in [3.63, 3.8) is 0 Å². The van der Waals surface area contributed by atoms with Crippen LogP contribution in [0.25, 0.3) is 0 Å². The number of benzene rings is 1. The molecule has 0 fully saturated rings. The molecular formula is C13H20N2O. The van der Waals surface area contributed by atoms with Crippen LogP contribution in [-0.2, 0) is 13.0 Å². The van der Waals surface area contributed by atoms with Gasteiger partial charge in [-0.2, -0.15) is 0 Å². The highest BCUT2D eigenvalue weighted by Crippen LogP contribution is 2.25. The molecule has 1 aliphatic heterocycles. The fourth-order valence-electron chi connectivity index (χ4n) is 1.76. The number of ether oxygens (including phenoxy) is 1. The number of rotatable bonds is 4. The van der Waals surface area contributed by atoms with Crippen LogP contribution in [0.1, 0.15) is 25.0 Å². The van der Waals surface area contributed by atoms with E-state index < -0.39 is 0 Å². The van der Waals surface area contributed by atoms with Gasteiger partial charge in [0.1, 0.15) is 5.75 Å². The highest BCUT2D eigenvalue weighted by atomic mass is 16.5. The molecule has 1 aliphatic rings. The Kier molecular flexibility index (Phi) is 3.17. The molecule has 88 valence electrons. The fraction of sp³-hybridized carbons (Fsp3) is 0.538. The maximum Gasteiger partial charge on any atom is 0.122 e. The molecule has 0 aromatic heterocycles. The van der Waals surface area contributed by atoms with E-state index in [4.69, 9.17) is 10.5 Å². The van der Waals surface area contributed by atoms with Crippen molar-refractivity contribution in [1.82, 2.24) is 5.32 Å². The summed E-state index contributed by atoms with van der Waals surface area (Å²) in [6, 6.07) is 6.40. The van der Waals surface area contributed by atoms with Crippen molar-refractivity contribution < 1.29 is 4.74 Å². The van der Waals surface area contributed by atoms with Gasteiger partial charge in [-0.1, -0.05) is 12.1 Å². The molecule has 0 amide bonds. The molecule has 3 nitrogen and oxygen atoms in total. The Labute approximate surface area is 97.0 Å². The van der Waals surface area contributed by atoms with E-state index in [9.17, 15) is 0 Å². The van der Waals surface area contributed by atoms with E-state index in [1.165, 1.54) is 11.1 Å². The topological polar surface area (TPSA) is 47.3 Å². The Morgan fingerprint density at radius 2 is 2.25 bits per heavy atom. The molecule has 16 heavy (non-hydrogen) atoms. The normalized spacial score (nSPS) is 14.7. The van der Waals surface area contributed by atoms with Gasteiger partial charge in [-0.05, 0) is 31.0 Å². The van der Waals surface area contributed by atoms with Gasteiger partial charge in [-0.3, -0.25) is 0 Å². The Balaban J connectivity index is 2.00. The number of nitrogens with two attached hydrogens (primary N) is 1.